The summed E-state index contributed by atoms with van der Waals surface area (Å²) in [5, 5.41) is 0. The molecule has 86 valence electrons. The Labute approximate surface area is 103 Å². The van der Waals surface area contributed by atoms with Crippen LogP contribution in [-0.2, 0) is 6.42 Å². The number of hydrogen-bond acceptors (Lipinski definition) is 1. The van der Waals surface area contributed by atoms with E-state index >= 15 is 0 Å². The third-order valence-electron chi connectivity index (χ3n) is 2.49. The Bertz CT molecular complexity index is 408. The normalized spacial score (nSPS) is 11.4. The van der Waals surface area contributed by atoms with Crippen LogP contribution in [0.15, 0.2) is 29.3 Å². The van der Waals surface area contributed by atoms with Gasteiger partial charge in [0, 0.05) is 19.7 Å². The summed E-state index contributed by atoms with van der Waals surface area (Å²) in [7, 11) is 3.92. The van der Waals surface area contributed by atoms with Gasteiger partial charge in [0.05, 0.1) is 0 Å². The number of aliphatic imine (C=N–C) groups is 1. The highest BCUT2D eigenvalue weighted by atomic mass is 32.1. The van der Waals surface area contributed by atoms with Crippen molar-refractivity contribution in [1.29, 1.82) is 0 Å². The first-order valence-electron chi connectivity index (χ1n) is 5.40. The summed E-state index contributed by atoms with van der Waals surface area (Å²) in [6.45, 7) is 4.09. The molecule has 0 bridgehead atoms. The third kappa shape index (κ3) is 3.42. The van der Waals surface area contributed by atoms with Gasteiger partial charge in [0.1, 0.15) is 10.8 Å². The molecular formula is C13H18N2S. The van der Waals surface area contributed by atoms with Gasteiger partial charge in [0.25, 0.3) is 0 Å². The highest BCUT2D eigenvalue weighted by Crippen LogP contribution is 2.08. The van der Waals surface area contributed by atoms with Crippen LogP contribution in [0.3, 0.4) is 0 Å². The lowest BCUT2D eigenvalue weighted by molar-refractivity contribution is 0.620. The van der Waals surface area contributed by atoms with Crippen molar-refractivity contribution >= 4 is 23.0 Å². The Hall–Kier alpha value is -1.22. The minimum absolute atomic E-state index is 0.654. The van der Waals surface area contributed by atoms with Gasteiger partial charge in [-0.3, -0.25) is 0 Å². The average Bonchev–Trinajstić information content (AvgIpc) is 2.28. The molecule has 0 amide bonds. The lowest BCUT2D eigenvalue weighted by atomic mass is 10.1. The van der Waals surface area contributed by atoms with Gasteiger partial charge in [0.15, 0.2) is 0 Å². The first kappa shape index (κ1) is 12.8. The van der Waals surface area contributed by atoms with E-state index in [4.69, 9.17) is 12.2 Å². The van der Waals surface area contributed by atoms with E-state index in [-0.39, 0.29) is 0 Å². The molecule has 1 aromatic carbocycles. The number of hydrogen-bond donors (Lipinski definition) is 0. The smallest absolute Gasteiger partial charge is 0.135 e. The van der Waals surface area contributed by atoms with Crippen molar-refractivity contribution in [2.75, 3.05) is 14.1 Å². The van der Waals surface area contributed by atoms with Crippen molar-refractivity contribution in [1.82, 2.24) is 4.90 Å². The number of rotatable bonds is 2. The lowest BCUT2D eigenvalue weighted by Gasteiger charge is -2.11. The Kier molecular flexibility index (Phi) is 4.62. The van der Waals surface area contributed by atoms with Crippen LogP contribution in [0, 0.1) is 0 Å². The van der Waals surface area contributed by atoms with Crippen molar-refractivity contribution in [3.05, 3.63) is 35.4 Å². The van der Waals surface area contributed by atoms with E-state index < -0.39 is 0 Å². The molecule has 1 rings (SSSR count). The van der Waals surface area contributed by atoms with E-state index in [0.717, 1.165) is 17.8 Å². The first-order chi connectivity index (χ1) is 7.54. The van der Waals surface area contributed by atoms with Crippen LogP contribution in [0.2, 0.25) is 0 Å². The van der Waals surface area contributed by atoms with Gasteiger partial charge < -0.3 is 4.90 Å². The number of benzene rings is 1. The molecule has 0 atom stereocenters. The number of aryl methyl sites for hydroxylation is 1. The highest BCUT2D eigenvalue weighted by Gasteiger charge is 2.02. The molecule has 0 saturated heterocycles. The molecule has 0 heterocycles. The van der Waals surface area contributed by atoms with Crippen LogP contribution in [0.4, 0.5) is 0 Å². The minimum Gasteiger partial charge on any atom is -0.366 e. The zero-order chi connectivity index (χ0) is 12.1. The molecule has 0 aliphatic heterocycles. The fraction of sp³-hybridized carbons (Fsp3) is 0.385. The number of amidine groups is 1. The Balaban J connectivity index is 2.92. The van der Waals surface area contributed by atoms with Gasteiger partial charge in [-0.1, -0.05) is 37.3 Å². The molecule has 2 nitrogen and oxygen atoms in total. The second-order valence-corrected chi connectivity index (χ2v) is 4.30. The Morgan fingerprint density at radius 2 is 2.06 bits per heavy atom. The summed E-state index contributed by atoms with van der Waals surface area (Å²) in [5.41, 5.74) is 2.31. The van der Waals surface area contributed by atoms with E-state index in [1.807, 2.05) is 38.1 Å². The average molecular weight is 234 g/mol. The van der Waals surface area contributed by atoms with Crippen molar-refractivity contribution < 1.29 is 0 Å². The fourth-order valence-electron chi connectivity index (χ4n) is 1.24. The maximum Gasteiger partial charge on any atom is 0.135 e. The molecule has 0 saturated carbocycles. The van der Waals surface area contributed by atoms with Gasteiger partial charge in [0.2, 0.25) is 0 Å². The van der Waals surface area contributed by atoms with E-state index in [0.29, 0.717) is 4.99 Å². The second-order valence-electron chi connectivity index (χ2n) is 3.91. The highest BCUT2D eigenvalue weighted by molar-refractivity contribution is 7.80. The molecular weight excluding hydrogens is 216 g/mol. The third-order valence-corrected chi connectivity index (χ3v) is 2.82. The SMILES string of the molecule is CCc1cccc(C(=S)N=C(C)N(C)C)c1. The monoisotopic (exact) mass is 234 g/mol. The molecule has 16 heavy (non-hydrogen) atoms. The summed E-state index contributed by atoms with van der Waals surface area (Å²) in [5.74, 6) is 0.923. The Morgan fingerprint density at radius 3 is 2.62 bits per heavy atom. The minimum atomic E-state index is 0.654. The maximum atomic E-state index is 5.31. The van der Waals surface area contributed by atoms with Gasteiger partial charge in [-0.2, -0.15) is 0 Å². The molecule has 3 heteroatoms. The van der Waals surface area contributed by atoms with Crippen LogP contribution in [0.1, 0.15) is 25.0 Å². The summed E-state index contributed by atoms with van der Waals surface area (Å²) in [4.78, 5) is 7.00. The lowest BCUT2D eigenvalue weighted by Crippen LogP contribution is -2.19. The largest absolute Gasteiger partial charge is 0.366 e. The van der Waals surface area contributed by atoms with Crippen LogP contribution in [-0.4, -0.2) is 29.8 Å². The van der Waals surface area contributed by atoms with Gasteiger partial charge in [-0.15, -0.1) is 0 Å². The van der Waals surface area contributed by atoms with Crippen molar-refractivity contribution in [2.45, 2.75) is 20.3 Å². The van der Waals surface area contributed by atoms with Crippen molar-refractivity contribution in [2.24, 2.45) is 4.99 Å². The fourth-order valence-corrected chi connectivity index (χ4v) is 1.49. The zero-order valence-electron chi connectivity index (χ0n) is 10.3. The molecule has 1 aromatic rings. The predicted molar refractivity (Wildman–Crippen MR) is 74.3 cm³/mol. The standard InChI is InChI=1S/C13H18N2S/c1-5-11-7-6-8-12(9-11)13(16)14-10(2)15(3)4/h6-9H,5H2,1-4H3. The van der Waals surface area contributed by atoms with Crippen LogP contribution in [0.5, 0.6) is 0 Å². The number of nitrogens with zero attached hydrogens (tertiary/aromatic N) is 2. The van der Waals surface area contributed by atoms with Gasteiger partial charge in [-0.25, -0.2) is 4.99 Å². The molecule has 0 radical (unpaired) electrons. The quantitative estimate of drug-likeness (QED) is 0.444. The van der Waals surface area contributed by atoms with Crippen molar-refractivity contribution in [3.63, 3.8) is 0 Å². The molecule has 0 aromatic heterocycles. The summed E-state index contributed by atoms with van der Waals surface area (Å²) < 4.78 is 0. The maximum absolute atomic E-state index is 5.31. The molecule has 0 fully saturated rings. The number of thiocarbonyl (C=S) groups is 1. The predicted octanol–water partition coefficient (Wildman–Crippen LogP) is 2.90. The summed E-state index contributed by atoms with van der Waals surface area (Å²) >= 11 is 5.31. The molecule has 0 aliphatic carbocycles. The van der Waals surface area contributed by atoms with Crippen LogP contribution < -0.4 is 0 Å². The first-order valence-corrected chi connectivity index (χ1v) is 5.81. The molecule has 0 unspecified atom stereocenters. The van der Waals surface area contributed by atoms with Crippen LogP contribution >= 0.6 is 12.2 Å². The van der Waals surface area contributed by atoms with E-state index in [9.17, 15) is 0 Å². The van der Waals surface area contributed by atoms with E-state index in [2.05, 4.69) is 24.0 Å². The molecule has 0 spiro atoms. The molecule has 0 N–H and O–H groups in total. The Morgan fingerprint density at radius 1 is 1.38 bits per heavy atom. The molecule has 0 aliphatic rings. The summed E-state index contributed by atoms with van der Waals surface area (Å²) in [6.07, 6.45) is 1.02. The second kappa shape index (κ2) is 5.75. The van der Waals surface area contributed by atoms with Gasteiger partial charge in [-0.05, 0) is 25.0 Å². The topological polar surface area (TPSA) is 15.6 Å². The van der Waals surface area contributed by atoms with Crippen molar-refractivity contribution in [3.8, 4) is 0 Å². The summed E-state index contributed by atoms with van der Waals surface area (Å²) in [6, 6.07) is 8.25. The van der Waals surface area contributed by atoms with Gasteiger partial charge >= 0.3 is 0 Å². The van der Waals surface area contributed by atoms with E-state index in [1.165, 1.54) is 5.56 Å². The van der Waals surface area contributed by atoms with Crippen LogP contribution in [0.25, 0.3) is 0 Å². The van der Waals surface area contributed by atoms with E-state index in [1.54, 1.807) is 0 Å². The zero-order valence-corrected chi connectivity index (χ0v) is 11.1.